The molecule has 0 unspecified atom stereocenters. The Bertz CT molecular complexity index is 631. The van der Waals surface area contributed by atoms with E-state index in [2.05, 4.69) is 16.1 Å². The van der Waals surface area contributed by atoms with E-state index in [1.165, 1.54) is 23.3 Å². The topological polar surface area (TPSA) is 106 Å². The van der Waals surface area contributed by atoms with E-state index < -0.39 is 16.3 Å². The van der Waals surface area contributed by atoms with Crippen molar-refractivity contribution in [3.63, 3.8) is 0 Å². The third-order valence-corrected chi connectivity index (χ3v) is 7.50. The highest BCUT2D eigenvalue weighted by Crippen LogP contribution is 2.47. The lowest BCUT2D eigenvalue weighted by atomic mass is 9.62. The van der Waals surface area contributed by atoms with Gasteiger partial charge in [0.05, 0.1) is 12.6 Å². The fraction of sp³-hybridized carbons (Fsp3) is 0.875. The van der Waals surface area contributed by atoms with Crippen molar-refractivity contribution in [2.24, 2.45) is 0 Å². The monoisotopic (exact) mass is 371 g/mol. The number of carbonyl (C=O) groups is 1. The minimum absolute atomic E-state index is 0.0980. The number of amides is 1. The first-order chi connectivity index (χ1) is 11.5. The standard InChI is InChI=1S/C16H29N5O3S/c1-13(11-17)21(4)14(22)12-18-15-5-8-16(9-6-15,10-7-15)19-25(23,24)20(2)3/h13,18-19H,5-10,12H2,1-4H3/t13-,15?,16?/m0/s1. The lowest BCUT2D eigenvalue weighted by Gasteiger charge is -2.54. The Morgan fingerprint density at radius 2 is 1.60 bits per heavy atom. The van der Waals surface area contributed by atoms with Crippen molar-refractivity contribution >= 4 is 16.1 Å². The molecular weight excluding hydrogens is 342 g/mol. The van der Waals surface area contributed by atoms with E-state index >= 15 is 0 Å². The maximum Gasteiger partial charge on any atom is 0.279 e. The molecule has 1 amide bonds. The molecule has 0 aromatic carbocycles. The zero-order valence-corrected chi connectivity index (χ0v) is 16.3. The molecule has 2 N–H and O–H groups in total. The first-order valence-electron chi connectivity index (χ1n) is 8.67. The minimum atomic E-state index is -3.44. The van der Waals surface area contributed by atoms with E-state index in [1.54, 1.807) is 14.0 Å². The van der Waals surface area contributed by atoms with Gasteiger partial charge in [0.1, 0.15) is 6.04 Å². The van der Waals surface area contributed by atoms with Crippen LogP contribution in [0.15, 0.2) is 0 Å². The van der Waals surface area contributed by atoms with Crippen LogP contribution >= 0.6 is 0 Å². The van der Waals surface area contributed by atoms with Gasteiger partial charge < -0.3 is 10.2 Å². The van der Waals surface area contributed by atoms with Crippen molar-refractivity contribution in [3.8, 4) is 6.07 Å². The number of hydrogen-bond donors (Lipinski definition) is 2. The molecule has 142 valence electrons. The van der Waals surface area contributed by atoms with Crippen molar-refractivity contribution in [2.75, 3.05) is 27.7 Å². The van der Waals surface area contributed by atoms with Gasteiger partial charge in [0.25, 0.3) is 10.2 Å². The Labute approximate surface area is 150 Å². The quantitative estimate of drug-likeness (QED) is 0.664. The van der Waals surface area contributed by atoms with Gasteiger partial charge in [-0.3, -0.25) is 4.79 Å². The summed E-state index contributed by atoms with van der Waals surface area (Å²) in [5.74, 6) is -0.0980. The summed E-state index contributed by atoms with van der Waals surface area (Å²) in [7, 11) is 1.25. The van der Waals surface area contributed by atoms with E-state index in [1.807, 2.05) is 0 Å². The molecule has 0 saturated heterocycles. The van der Waals surface area contributed by atoms with Crippen molar-refractivity contribution in [1.82, 2.24) is 19.2 Å². The maximum absolute atomic E-state index is 12.2. The van der Waals surface area contributed by atoms with E-state index in [4.69, 9.17) is 5.26 Å². The molecule has 3 saturated carbocycles. The van der Waals surface area contributed by atoms with Gasteiger partial charge in [-0.25, -0.2) is 0 Å². The molecule has 0 spiro atoms. The number of likely N-dealkylation sites (N-methyl/N-ethyl adjacent to an activating group) is 1. The summed E-state index contributed by atoms with van der Waals surface area (Å²) in [4.78, 5) is 13.6. The van der Waals surface area contributed by atoms with Gasteiger partial charge in [0, 0.05) is 32.2 Å². The largest absolute Gasteiger partial charge is 0.329 e. The summed E-state index contributed by atoms with van der Waals surface area (Å²) in [6.07, 6.45) is 4.83. The van der Waals surface area contributed by atoms with Gasteiger partial charge in [-0.05, 0) is 45.4 Å². The molecule has 3 rings (SSSR count). The van der Waals surface area contributed by atoms with Crippen molar-refractivity contribution in [3.05, 3.63) is 0 Å². The molecule has 0 aromatic heterocycles. The lowest BCUT2D eigenvalue weighted by Crippen LogP contribution is -2.64. The van der Waals surface area contributed by atoms with Crippen LogP contribution in [-0.2, 0) is 15.0 Å². The Morgan fingerprint density at radius 1 is 1.12 bits per heavy atom. The van der Waals surface area contributed by atoms with Gasteiger partial charge in [-0.2, -0.15) is 22.7 Å². The fourth-order valence-corrected chi connectivity index (χ4v) is 4.70. The number of nitrogens with zero attached hydrogens (tertiary/aromatic N) is 3. The van der Waals surface area contributed by atoms with Crippen LogP contribution in [0.25, 0.3) is 0 Å². The molecule has 3 aliphatic rings. The number of hydrogen-bond acceptors (Lipinski definition) is 5. The second kappa shape index (κ2) is 7.19. The lowest BCUT2D eigenvalue weighted by molar-refractivity contribution is -0.130. The van der Waals surface area contributed by atoms with Gasteiger partial charge >= 0.3 is 0 Å². The zero-order valence-electron chi connectivity index (χ0n) is 15.5. The molecule has 0 aliphatic heterocycles. The molecule has 3 aliphatic carbocycles. The highest BCUT2D eigenvalue weighted by molar-refractivity contribution is 7.87. The van der Waals surface area contributed by atoms with E-state index in [0.29, 0.717) is 0 Å². The van der Waals surface area contributed by atoms with Gasteiger partial charge in [0.15, 0.2) is 0 Å². The molecule has 0 aromatic rings. The van der Waals surface area contributed by atoms with E-state index in [-0.39, 0.29) is 23.5 Å². The van der Waals surface area contributed by atoms with Crippen molar-refractivity contribution in [1.29, 1.82) is 5.26 Å². The SMILES string of the molecule is C[C@@H](C#N)N(C)C(=O)CNC12CCC(NS(=O)(=O)N(C)C)(CC1)CC2. The Morgan fingerprint density at radius 3 is 2.04 bits per heavy atom. The Hall–Kier alpha value is -1.21. The number of nitriles is 1. The number of rotatable bonds is 7. The van der Waals surface area contributed by atoms with Crippen LogP contribution in [0.3, 0.4) is 0 Å². The Balaban J connectivity index is 1.93. The second-order valence-electron chi connectivity index (χ2n) is 7.61. The number of nitrogens with one attached hydrogen (secondary N) is 2. The first kappa shape index (κ1) is 20.1. The van der Waals surface area contributed by atoms with Crippen LogP contribution in [0.4, 0.5) is 0 Å². The molecule has 0 radical (unpaired) electrons. The second-order valence-corrected chi connectivity index (χ2v) is 9.50. The maximum atomic E-state index is 12.2. The summed E-state index contributed by atoms with van der Waals surface area (Å²) in [5.41, 5.74) is -0.458. The van der Waals surface area contributed by atoms with Crippen LogP contribution in [-0.4, -0.2) is 68.3 Å². The fourth-order valence-electron chi connectivity index (χ4n) is 3.66. The third kappa shape index (κ3) is 4.31. The zero-order chi connectivity index (χ0) is 18.9. The molecular formula is C16H29N5O3S. The van der Waals surface area contributed by atoms with E-state index in [9.17, 15) is 13.2 Å². The average Bonchev–Trinajstić information content (AvgIpc) is 2.59. The van der Waals surface area contributed by atoms with E-state index in [0.717, 1.165) is 38.5 Å². The average molecular weight is 372 g/mol. The molecule has 3 fully saturated rings. The minimum Gasteiger partial charge on any atom is -0.329 e. The molecule has 8 nitrogen and oxygen atoms in total. The summed E-state index contributed by atoms with van der Waals surface area (Å²) in [6, 6.07) is 1.61. The summed E-state index contributed by atoms with van der Waals surface area (Å²) < 4.78 is 28.4. The number of carbonyl (C=O) groups excluding carboxylic acids is 1. The summed E-state index contributed by atoms with van der Waals surface area (Å²) >= 11 is 0. The molecule has 9 heteroatoms. The Kier molecular flexibility index (Phi) is 5.78. The molecule has 1 atom stereocenters. The van der Waals surface area contributed by atoms with Gasteiger partial charge in [-0.1, -0.05) is 0 Å². The number of fused-ring (bicyclic) bond motifs is 3. The van der Waals surface area contributed by atoms with Crippen LogP contribution in [0, 0.1) is 11.3 Å². The van der Waals surface area contributed by atoms with Crippen LogP contribution < -0.4 is 10.0 Å². The van der Waals surface area contributed by atoms with Crippen LogP contribution in [0.5, 0.6) is 0 Å². The third-order valence-electron chi connectivity index (χ3n) is 5.85. The smallest absolute Gasteiger partial charge is 0.279 e. The summed E-state index contributed by atoms with van der Waals surface area (Å²) in [5, 5.41) is 12.3. The highest BCUT2D eigenvalue weighted by atomic mass is 32.2. The van der Waals surface area contributed by atoms with Crippen molar-refractivity contribution < 1.29 is 13.2 Å². The molecule has 2 bridgehead atoms. The van der Waals surface area contributed by atoms with Crippen LogP contribution in [0.2, 0.25) is 0 Å². The highest BCUT2D eigenvalue weighted by Gasteiger charge is 2.50. The normalized spacial score (nSPS) is 30.1. The predicted molar refractivity (Wildman–Crippen MR) is 94.8 cm³/mol. The van der Waals surface area contributed by atoms with Crippen molar-refractivity contribution in [2.45, 2.75) is 62.6 Å². The first-order valence-corrected chi connectivity index (χ1v) is 10.1. The van der Waals surface area contributed by atoms with Crippen LogP contribution in [0.1, 0.15) is 45.4 Å². The molecule has 0 heterocycles. The van der Waals surface area contributed by atoms with Gasteiger partial charge in [0.2, 0.25) is 5.91 Å². The summed E-state index contributed by atoms with van der Waals surface area (Å²) in [6.45, 7) is 1.90. The molecule has 25 heavy (non-hydrogen) atoms. The predicted octanol–water partition coefficient (Wildman–Crippen LogP) is 0.188. The van der Waals surface area contributed by atoms with Gasteiger partial charge in [-0.15, -0.1) is 0 Å².